The number of hydrogen-bond acceptors (Lipinski definition) is 4. The summed E-state index contributed by atoms with van der Waals surface area (Å²) in [5.74, 6) is 0.553. The zero-order valence-electron chi connectivity index (χ0n) is 10.9. The maximum Gasteiger partial charge on any atom is 0.167 e. The average molecular weight is 253 g/mol. The minimum absolute atomic E-state index is 0.203. The highest BCUT2D eigenvalue weighted by Gasteiger charge is 2.12. The number of nitrogens with zero attached hydrogens (tertiary/aromatic N) is 3. The molecule has 2 aromatic heterocycles. The molecule has 1 unspecified atom stereocenters. The molecule has 0 amide bonds. The van der Waals surface area contributed by atoms with Crippen LogP contribution >= 0.6 is 0 Å². The summed E-state index contributed by atoms with van der Waals surface area (Å²) in [6, 6.07) is 7.96. The molecule has 3 aromatic rings. The predicted octanol–water partition coefficient (Wildman–Crippen LogP) is 2.35. The van der Waals surface area contributed by atoms with Gasteiger partial charge in [-0.3, -0.25) is 0 Å². The van der Waals surface area contributed by atoms with Crippen molar-refractivity contribution >= 4 is 10.9 Å². The first-order chi connectivity index (χ1) is 9.16. The topological polar surface area (TPSA) is 80.5 Å². The minimum Gasteiger partial charge on any atom is -0.353 e. The second kappa shape index (κ2) is 4.44. The molecule has 1 aromatic carbocycles. The Morgan fingerprint density at radius 3 is 2.63 bits per heavy atom. The number of para-hydroxylation sites is 1. The van der Waals surface area contributed by atoms with E-state index in [1.165, 1.54) is 5.39 Å². The van der Waals surface area contributed by atoms with Gasteiger partial charge < -0.3 is 10.7 Å². The molecule has 3 rings (SSSR count). The highest BCUT2D eigenvalue weighted by atomic mass is 15.2. The highest BCUT2D eigenvalue weighted by molar-refractivity contribution is 5.89. The lowest BCUT2D eigenvalue weighted by atomic mass is 10.1. The molecule has 0 fully saturated rings. The Kier molecular flexibility index (Phi) is 2.76. The first kappa shape index (κ1) is 11.8. The number of H-pyrrole nitrogens is 1. The number of benzene rings is 1. The number of aromatic nitrogens is 4. The van der Waals surface area contributed by atoms with Crippen LogP contribution in [0, 0.1) is 6.92 Å². The molecule has 96 valence electrons. The number of fused-ring (bicyclic) bond motifs is 1. The van der Waals surface area contributed by atoms with Gasteiger partial charge in [0.25, 0.3) is 0 Å². The van der Waals surface area contributed by atoms with Crippen LogP contribution in [-0.2, 0) is 0 Å². The predicted molar refractivity (Wildman–Crippen MR) is 74.5 cm³/mol. The van der Waals surface area contributed by atoms with Crippen LogP contribution in [0.5, 0.6) is 0 Å². The largest absolute Gasteiger partial charge is 0.353 e. The summed E-state index contributed by atoms with van der Waals surface area (Å²) >= 11 is 0. The van der Waals surface area contributed by atoms with E-state index in [0.717, 1.165) is 22.5 Å². The fourth-order valence-corrected chi connectivity index (χ4v) is 2.15. The fourth-order valence-electron chi connectivity index (χ4n) is 2.15. The van der Waals surface area contributed by atoms with Crippen molar-refractivity contribution < 1.29 is 0 Å². The number of nitrogens with two attached hydrogens (primary N) is 1. The van der Waals surface area contributed by atoms with Gasteiger partial charge >= 0.3 is 0 Å². The van der Waals surface area contributed by atoms with Gasteiger partial charge in [0.2, 0.25) is 0 Å². The van der Waals surface area contributed by atoms with Crippen LogP contribution in [0.4, 0.5) is 0 Å². The quantitative estimate of drug-likeness (QED) is 0.734. The third-order valence-corrected chi connectivity index (χ3v) is 3.21. The zero-order chi connectivity index (χ0) is 13.4. The Morgan fingerprint density at radius 2 is 2.00 bits per heavy atom. The summed E-state index contributed by atoms with van der Waals surface area (Å²) in [4.78, 5) is 7.60. The molecule has 0 bridgehead atoms. The second-order valence-corrected chi connectivity index (χ2v) is 4.66. The number of hydrogen-bond donors (Lipinski definition) is 2. The van der Waals surface area contributed by atoms with Gasteiger partial charge in [0.05, 0.1) is 17.9 Å². The maximum atomic E-state index is 5.72. The highest BCUT2D eigenvalue weighted by Crippen LogP contribution is 2.27. The summed E-state index contributed by atoms with van der Waals surface area (Å²) < 4.78 is 0. The molecule has 0 aliphatic carbocycles. The minimum atomic E-state index is -0.203. The van der Waals surface area contributed by atoms with Crippen molar-refractivity contribution in [3.8, 4) is 11.4 Å². The summed E-state index contributed by atoms with van der Waals surface area (Å²) in [7, 11) is 0. The first-order valence-corrected chi connectivity index (χ1v) is 6.19. The van der Waals surface area contributed by atoms with Gasteiger partial charge in [-0.25, -0.2) is 4.98 Å². The molecule has 0 aliphatic heterocycles. The monoisotopic (exact) mass is 253 g/mol. The van der Waals surface area contributed by atoms with E-state index in [-0.39, 0.29) is 6.04 Å². The van der Waals surface area contributed by atoms with E-state index in [1.54, 1.807) is 6.20 Å². The van der Waals surface area contributed by atoms with Gasteiger partial charge in [-0.15, -0.1) is 10.2 Å². The second-order valence-electron chi connectivity index (χ2n) is 4.66. The summed E-state index contributed by atoms with van der Waals surface area (Å²) in [5, 5.41) is 9.45. The van der Waals surface area contributed by atoms with Gasteiger partial charge in [-0.1, -0.05) is 18.2 Å². The Labute approximate surface area is 110 Å². The van der Waals surface area contributed by atoms with Crippen LogP contribution in [0.25, 0.3) is 22.3 Å². The Morgan fingerprint density at radius 1 is 1.21 bits per heavy atom. The molecule has 5 nitrogen and oxygen atoms in total. The van der Waals surface area contributed by atoms with Crippen LogP contribution in [-0.4, -0.2) is 20.2 Å². The lowest BCUT2D eigenvalue weighted by Gasteiger charge is -2.03. The van der Waals surface area contributed by atoms with Crippen molar-refractivity contribution in [2.75, 3.05) is 0 Å². The van der Waals surface area contributed by atoms with Crippen molar-refractivity contribution in [1.82, 2.24) is 20.2 Å². The van der Waals surface area contributed by atoms with E-state index in [0.29, 0.717) is 5.82 Å². The van der Waals surface area contributed by atoms with Crippen molar-refractivity contribution in [3.63, 3.8) is 0 Å². The normalized spacial score (nSPS) is 12.8. The van der Waals surface area contributed by atoms with Gasteiger partial charge in [0, 0.05) is 10.9 Å². The zero-order valence-corrected chi connectivity index (χ0v) is 10.9. The SMILES string of the molecule is Cc1c(-c2cnc(C(C)N)nn2)[nH]c2ccccc12. The molecular weight excluding hydrogens is 238 g/mol. The molecule has 19 heavy (non-hydrogen) atoms. The fraction of sp³-hybridized carbons (Fsp3) is 0.214. The number of aryl methyl sites for hydroxylation is 1. The van der Waals surface area contributed by atoms with Crippen molar-refractivity contribution in [1.29, 1.82) is 0 Å². The first-order valence-electron chi connectivity index (χ1n) is 6.19. The van der Waals surface area contributed by atoms with E-state index in [2.05, 4.69) is 33.2 Å². The van der Waals surface area contributed by atoms with E-state index < -0.39 is 0 Å². The van der Waals surface area contributed by atoms with Gasteiger partial charge in [0.15, 0.2) is 5.82 Å². The van der Waals surface area contributed by atoms with Crippen LogP contribution in [0.3, 0.4) is 0 Å². The summed E-state index contributed by atoms with van der Waals surface area (Å²) in [6.45, 7) is 3.90. The van der Waals surface area contributed by atoms with E-state index in [4.69, 9.17) is 5.73 Å². The van der Waals surface area contributed by atoms with E-state index >= 15 is 0 Å². The standard InChI is InChI=1S/C14H15N5/c1-8-10-5-3-4-6-11(10)17-13(8)12-7-16-14(9(2)15)19-18-12/h3-7,9,17H,15H2,1-2H3. The van der Waals surface area contributed by atoms with E-state index in [1.807, 2.05) is 25.1 Å². The molecule has 1 atom stereocenters. The van der Waals surface area contributed by atoms with Gasteiger partial charge in [-0.2, -0.15) is 0 Å². The molecule has 3 N–H and O–H groups in total. The maximum absolute atomic E-state index is 5.72. The third-order valence-electron chi connectivity index (χ3n) is 3.21. The smallest absolute Gasteiger partial charge is 0.167 e. The van der Waals surface area contributed by atoms with Crippen LogP contribution < -0.4 is 5.73 Å². The lowest BCUT2D eigenvalue weighted by molar-refractivity contribution is 0.709. The van der Waals surface area contributed by atoms with Crippen LogP contribution in [0.1, 0.15) is 24.4 Å². The van der Waals surface area contributed by atoms with Gasteiger partial charge in [0.1, 0.15) is 5.69 Å². The number of nitrogens with one attached hydrogen (secondary N) is 1. The van der Waals surface area contributed by atoms with Crippen LogP contribution in [0.15, 0.2) is 30.5 Å². The van der Waals surface area contributed by atoms with E-state index in [9.17, 15) is 0 Å². The molecular formula is C14H15N5. The molecule has 0 saturated heterocycles. The van der Waals surface area contributed by atoms with Gasteiger partial charge in [-0.05, 0) is 25.5 Å². The summed E-state index contributed by atoms with van der Waals surface area (Å²) in [6.07, 6.45) is 1.71. The Balaban J connectivity index is 2.11. The molecule has 5 heteroatoms. The Hall–Kier alpha value is -2.27. The van der Waals surface area contributed by atoms with Crippen LogP contribution in [0.2, 0.25) is 0 Å². The number of rotatable bonds is 2. The molecule has 0 saturated carbocycles. The Bertz CT molecular complexity index is 712. The molecule has 2 heterocycles. The average Bonchev–Trinajstić information content (AvgIpc) is 2.77. The van der Waals surface area contributed by atoms with Crippen molar-refractivity contribution in [2.24, 2.45) is 5.73 Å². The molecule has 0 aliphatic rings. The van der Waals surface area contributed by atoms with Crippen molar-refractivity contribution in [3.05, 3.63) is 41.9 Å². The molecule has 0 radical (unpaired) electrons. The third kappa shape index (κ3) is 1.98. The summed E-state index contributed by atoms with van der Waals surface area (Å²) in [5.41, 5.74) is 9.65. The van der Waals surface area contributed by atoms with Crippen molar-refractivity contribution in [2.45, 2.75) is 19.9 Å². The lowest BCUT2D eigenvalue weighted by Crippen LogP contribution is -2.11. The molecule has 0 spiro atoms. The number of aromatic amines is 1.